The third-order valence-corrected chi connectivity index (χ3v) is 5.04. The van der Waals surface area contributed by atoms with Gasteiger partial charge in [0.1, 0.15) is 0 Å². The van der Waals surface area contributed by atoms with Crippen molar-refractivity contribution in [3.8, 4) is 21.7 Å². The Labute approximate surface area is 133 Å². The molecule has 1 aromatic heterocycles. The molecular formula is C18H16N2OS. The van der Waals surface area contributed by atoms with Gasteiger partial charge in [-0.05, 0) is 17.2 Å². The fourth-order valence-corrected chi connectivity index (χ4v) is 4.01. The van der Waals surface area contributed by atoms with Crippen molar-refractivity contribution < 1.29 is 4.79 Å². The van der Waals surface area contributed by atoms with Crippen molar-refractivity contribution in [2.45, 2.75) is 26.2 Å². The monoisotopic (exact) mass is 308 g/mol. The molecule has 0 saturated heterocycles. The Balaban J connectivity index is 1.72. The third kappa shape index (κ3) is 2.03. The maximum Gasteiger partial charge on any atom is 0.226 e. The van der Waals surface area contributed by atoms with Crippen molar-refractivity contribution in [1.82, 2.24) is 4.98 Å². The molecule has 4 rings (SSSR count). The van der Waals surface area contributed by atoms with Gasteiger partial charge >= 0.3 is 0 Å². The van der Waals surface area contributed by atoms with Gasteiger partial charge in [0.25, 0.3) is 0 Å². The fourth-order valence-electron chi connectivity index (χ4n) is 2.99. The molecule has 0 bridgehead atoms. The number of unbranched alkanes of at least 4 members (excludes halogenated alkanes) is 1. The van der Waals surface area contributed by atoms with Crippen molar-refractivity contribution >= 4 is 33.1 Å². The zero-order chi connectivity index (χ0) is 15.1. The van der Waals surface area contributed by atoms with Crippen LogP contribution in [0, 0.1) is 0 Å². The van der Waals surface area contributed by atoms with E-state index in [2.05, 4.69) is 53.6 Å². The van der Waals surface area contributed by atoms with Gasteiger partial charge in [-0.2, -0.15) is 0 Å². The Bertz CT molecular complexity index is 826. The number of aromatic nitrogens is 1. The topological polar surface area (TPSA) is 42.0 Å². The second-order valence-electron chi connectivity index (χ2n) is 5.56. The number of anilines is 1. The number of nitrogens with zero attached hydrogens (tertiary/aromatic N) is 1. The molecule has 3 nitrogen and oxygen atoms in total. The number of amides is 1. The van der Waals surface area contributed by atoms with E-state index in [0.717, 1.165) is 23.4 Å². The van der Waals surface area contributed by atoms with Crippen LogP contribution in [0.25, 0.3) is 32.5 Å². The molecule has 0 saturated carbocycles. The minimum atomic E-state index is 0.0563. The van der Waals surface area contributed by atoms with Gasteiger partial charge in [0.15, 0.2) is 5.13 Å². The zero-order valence-electron chi connectivity index (χ0n) is 12.3. The summed E-state index contributed by atoms with van der Waals surface area (Å²) in [6.45, 7) is 2.09. The second kappa shape index (κ2) is 5.21. The first kappa shape index (κ1) is 13.5. The van der Waals surface area contributed by atoms with Gasteiger partial charge < -0.3 is 5.32 Å². The normalized spacial score (nSPS) is 11.7. The van der Waals surface area contributed by atoms with Crippen LogP contribution < -0.4 is 5.32 Å². The molecular weight excluding hydrogens is 292 g/mol. The molecule has 4 heteroatoms. The quantitative estimate of drug-likeness (QED) is 0.571. The Morgan fingerprint density at radius 3 is 2.73 bits per heavy atom. The van der Waals surface area contributed by atoms with E-state index in [1.54, 1.807) is 11.3 Å². The number of thiazole rings is 1. The van der Waals surface area contributed by atoms with Gasteiger partial charge in [-0.3, -0.25) is 4.79 Å². The van der Waals surface area contributed by atoms with Crippen molar-refractivity contribution in [2.24, 2.45) is 0 Å². The van der Waals surface area contributed by atoms with Crippen LogP contribution in [0.4, 0.5) is 5.13 Å². The standard InChI is InChI=1S/C18H16N2OS/c1-2-3-10-14(21)19-18-20-16-12-8-4-6-11-7-5-9-13(15(11)12)17(16)22-18/h4-9H,2-3,10H2,1H3,(H,19,20,21). The first-order chi connectivity index (χ1) is 10.8. The number of fused-ring (bicyclic) bond motifs is 3. The van der Waals surface area contributed by atoms with Crippen molar-refractivity contribution in [3.05, 3.63) is 36.4 Å². The van der Waals surface area contributed by atoms with E-state index in [0.29, 0.717) is 11.6 Å². The Kier molecular flexibility index (Phi) is 3.19. The first-order valence-electron chi connectivity index (χ1n) is 7.61. The molecule has 1 N–H and O–H groups in total. The molecule has 1 aliphatic carbocycles. The van der Waals surface area contributed by atoms with Gasteiger partial charge in [0, 0.05) is 17.5 Å². The number of nitrogens with one attached hydrogen (secondary N) is 1. The molecule has 0 atom stereocenters. The lowest BCUT2D eigenvalue weighted by molar-refractivity contribution is -0.116. The molecule has 0 unspecified atom stereocenters. The van der Waals surface area contributed by atoms with Gasteiger partial charge in [-0.15, -0.1) is 0 Å². The maximum atomic E-state index is 11.9. The van der Waals surface area contributed by atoms with Crippen LogP contribution in [0.2, 0.25) is 0 Å². The molecule has 1 aliphatic rings. The lowest BCUT2D eigenvalue weighted by atomic mass is 10.0. The van der Waals surface area contributed by atoms with Crippen molar-refractivity contribution in [1.29, 1.82) is 0 Å². The summed E-state index contributed by atoms with van der Waals surface area (Å²) in [6.07, 6.45) is 2.50. The number of carbonyl (C=O) groups excluding carboxylic acids is 1. The highest BCUT2D eigenvalue weighted by Crippen LogP contribution is 2.50. The van der Waals surface area contributed by atoms with E-state index in [9.17, 15) is 4.79 Å². The van der Waals surface area contributed by atoms with Crippen LogP contribution in [-0.4, -0.2) is 10.9 Å². The molecule has 3 aromatic rings. The summed E-state index contributed by atoms with van der Waals surface area (Å²) in [7, 11) is 0. The van der Waals surface area contributed by atoms with E-state index in [-0.39, 0.29) is 5.91 Å². The summed E-state index contributed by atoms with van der Waals surface area (Å²) in [6, 6.07) is 12.7. The van der Waals surface area contributed by atoms with Crippen molar-refractivity contribution in [2.75, 3.05) is 5.32 Å². The molecule has 1 amide bonds. The maximum absolute atomic E-state index is 11.9. The smallest absolute Gasteiger partial charge is 0.226 e. The summed E-state index contributed by atoms with van der Waals surface area (Å²) in [5.74, 6) is 0.0563. The van der Waals surface area contributed by atoms with E-state index >= 15 is 0 Å². The highest BCUT2D eigenvalue weighted by atomic mass is 32.1. The number of hydrogen-bond donors (Lipinski definition) is 1. The predicted octanol–water partition coefficient (Wildman–Crippen LogP) is 5.07. The molecule has 2 aromatic carbocycles. The average molecular weight is 308 g/mol. The molecule has 0 spiro atoms. The lowest BCUT2D eigenvalue weighted by Crippen LogP contribution is -2.10. The summed E-state index contributed by atoms with van der Waals surface area (Å²) in [5, 5.41) is 6.17. The highest BCUT2D eigenvalue weighted by Gasteiger charge is 2.25. The van der Waals surface area contributed by atoms with Crippen LogP contribution in [0.1, 0.15) is 26.2 Å². The molecule has 1 heterocycles. The largest absolute Gasteiger partial charge is 0.302 e. The Morgan fingerprint density at radius 2 is 1.95 bits per heavy atom. The van der Waals surface area contributed by atoms with Crippen LogP contribution in [0.5, 0.6) is 0 Å². The van der Waals surface area contributed by atoms with E-state index in [1.165, 1.54) is 21.9 Å². The number of rotatable bonds is 4. The van der Waals surface area contributed by atoms with E-state index < -0.39 is 0 Å². The zero-order valence-corrected chi connectivity index (χ0v) is 13.2. The fraction of sp³-hybridized carbons (Fsp3) is 0.222. The number of benzene rings is 2. The SMILES string of the molecule is CCCCC(=O)Nc1nc2c(s1)-c1cccc3cccc-2c13. The predicted molar refractivity (Wildman–Crippen MR) is 92.2 cm³/mol. The highest BCUT2D eigenvalue weighted by molar-refractivity contribution is 7.20. The van der Waals surface area contributed by atoms with Crippen LogP contribution in [-0.2, 0) is 4.79 Å². The lowest BCUT2D eigenvalue weighted by Gasteiger charge is -2.03. The van der Waals surface area contributed by atoms with E-state index in [1.807, 2.05) is 0 Å². The van der Waals surface area contributed by atoms with Crippen LogP contribution in [0.3, 0.4) is 0 Å². The van der Waals surface area contributed by atoms with E-state index in [4.69, 9.17) is 0 Å². The Morgan fingerprint density at radius 1 is 1.18 bits per heavy atom. The molecule has 110 valence electrons. The summed E-state index contributed by atoms with van der Waals surface area (Å²) >= 11 is 1.57. The van der Waals surface area contributed by atoms with Crippen molar-refractivity contribution in [3.63, 3.8) is 0 Å². The second-order valence-corrected chi connectivity index (χ2v) is 6.56. The first-order valence-corrected chi connectivity index (χ1v) is 8.42. The minimum absolute atomic E-state index is 0.0563. The van der Waals surface area contributed by atoms with Crippen LogP contribution >= 0.6 is 11.3 Å². The molecule has 0 aliphatic heterocycles. The summed E-state index contributed by atoms with van der Waals surface area (Å²) in [4.78, 5) is 17.7. The third-order valence-electron chi connectivity index (χ3n) is 4.04. The van der Waals surface area contributed by atoms with Gasteiger partial charge in [-0.25, -0.2) is 4.98 Å². The van der Waals surface area contributed by atoms with Gasteiger partial charge in [-0.1, -0.05) is 61.1 Å². The molecule has 0 radical (unpaired) electrons. The summed E-state index contributed by atoms with van der Waals surface area (Å²) in [5.41, 5.74) is 3.41. The number of hydrogen-bond acceptors (Lipinski definition) is 3. The van der Waals surface area contributed by atoms with Gasteiger partial charge in [0.05, 0.1) is 10.6 Å². The number of carbonyl (C=O) groups is 1. The molecule has 22 heavy (non-hydrogen) atoms. The molecule has 0 fully saturated rings. The summed E-state index contributed by atoms with van der Waals surface area (Å²) < 4.78 is 0. The average Bonchev–Trinajstić information content (AvgIpc) is 3.06. The minimum Gasteiger partial charge on any atom is -0.302 e. The van der Waals surface area contributed by atoms with Gasteiger partial charge in [0.2, 0.25) is 5.91 Å². The van der Waals surface area contributed by atoms with Crippen LogP contribution in [0.15, 0.2) is 36.4 Å². The Hall–Kier alpha value is -2.20.